The fraction of sp³-hybridized carbons (Fsp3) is 0.500. The van der Waals surface area contributed by atoms with Gasteiger partial charge in [0, 0.05) is 24.8 Å². The van der Waals surface area contributed by atoms with E-state index in [1.165, 1.54) is 4.31 Å². The highest BCUT2D eigenvalue weighted by molar-refractivity contribution is 8.14. The highest BCUT2D eigenvalue weighted by Gasteiger charge is 2.32. The van der Waals surface area contributed by atoms with Crippen LogP contribution in [0.15, 0.2) is 59.5 Å². The summed E-state index contributed by atoms with van der Waals surface area (Å²) in [7, 11) is -3.86. The van der Waals surface area contributed by atoms with Gasteiger partial charge in [0.15, 0.2) is 0 Å². The highest BCUT2D eigenvalue weighted by atomic mass is 32.2. The molecule has 1 amide bonds. The Morgan fingerprint density at radius 2 is 1.79 bits per heavy atom. The average Bonchev–Trinajstić information content (AvgIpc) is 3.32. The van der Waals surface area contributed by atoms with Gasteiger partial charge in [-0.3, -0.25) is 9.59 Å². The lowest BCUT2D eigenvalue weighted by atomic mass is 9.90. The van der Waals surface area contributed by atoms with E-state index in [4.69, 9.17) is 4.74 Å². The molecule has 3 rings (SSSR count). The van der Waals surface area contributed by atoms with Gasteiger partial charge >= 0.3 is 5.97 Å². The van der Waals surface area contributed by atoms with Gasteiger partial charge < -0.3 is 15.2 Å². The van der Waals surface area contributed by atoms with E-state index in [1.807, 2.05) is 51.1 Å². The van der Waals surface area contributed by atoms with Crippen LogP contribution in [0.4, 0.5) is 4.79 Å². The summed E-state index contributed by atoms with van der Waals surface area (Å²) in [6, 6.07) is 16.0. The average molecular weight is 563 g/mol. The topological polar surface area (TPSA) is 113 Å². The van der Waals surface area contributed by atoms with Crippen LogP contribution in [0.2, 0.25) is 0 Å². The van der Waals surface area contributed by atoms with Gasteiger partial charge in [0.2, 0.25) is 10.0 Å². The monoisotopic (exact) mass is 562 g/mol. The van der Waals surface area contributed by atoms with Gasteiger partial charge in [-0.25, -0.2) is 8.42 Å². The maximum atomic E-state index is 13.6. The molecule has 1 heterocycles. The van der Waals surface area contributed by atoms with Crippen molar-refractivity contribution in [3.8, 4) is 0 Å². The Hall–Kier alpha value is -2.40. The molecule has 0 aromatic heterocycles. The number of esters is 1. The quantitative estimate of drug-likeness (QED) is 0.336. The molecule has 2 N–H and O–H groups in total. The normalized spacial score (nSPS) is 17.4. The van der Waals surface area contributed by atoms with Gasteiger partial charge in [0.05, 0.1) is 23.5 Å². The number of amides is 1. The Bertz CT molecular complexity index is 1160. The van der Waals surface area contributed by atoms with Crippen LogP contribution in [0, 0.1) is 11.8 Å². The standard InChI is InChI=1S/C28H38N2O6S2/c1-4-21-10-12-25(13-11-21)38(34,35)30(16-20(2)3)17-26(31)23(14-22-8-6-5-7-9-22)15-27(32)36-18-24-19-37-28(33)29-24/h5-13,20,23-24,26,31H,4,14-19H2,1-3H3,(H,29,33)/t23-,24?,26-/m1/s1. The summed E-state index contributed by atoms with van der Waals surface area (Å²) in [5, 5.41) is 13.9. The van der Waals surface area contributed by atoms with E-state index < -0.39 is 28.0 Å². The van der Waals surface area contributed by atoms with E-state index in [1.54, 1.807) is 24.3 Å². The Morgan fingerprint density at radius 3 is 2.37 bits per heavy atom. The number of carbonyl (C=O) groups is 2. The first kappa shape index (κ1) is 30.1. The van der Waals surface area contributed by atoms with Crippen molar-refractivity contribution in [2.45, 2.75) is 57.1 Å². The van der Waals surface area contributed by atoms with Crippen molar-refractivity contribution in [2.24, 2.45) is 11.8 Å². The Balaban J connectivity index is 1.76. The summed E-state index contributed by atoms with van der Waals surface area (Å²) in [6.45, 7) is 6.01. The number of thioether (sulfide) groups is 1. The molecule has 0 radical (unpaired) electrons. The third kappa shape index (κ3) is 8.83. The van der Waals surface area contributed by atoms with Crippen molar-refractivity contribution in [1.29, 1.82) is 0 Å². The second-order valence-electron chi connectivity index (χ2n) is 10.1. The molecule has 208 valence electrons. The molecule has 1 unspecified atom stereocenters. The summed E-state index contributed by atoms with van der Waals surface area (Å²) in [4.78, 5) is 24.3. The van der Waals surface area contributed by atoms with Crippen LogP contribution in [0.1, 0.15) is 38.3 Å². The fourth-order valence-electron chi connectivity index (χ4n) is 4.33. The molecule has 0 aliphatic carbocycles. The summed E-state index contributed by atoms with van der Waals surface area (Å²) in [5.41, 5.74) is 1.97. The molecule has 1 saturated heterocycles. The maximum absolute atomic E-state index is 13.6. The zero-order valence-corrected chi connectivity index (χ0v) is 23.8. The van der Waals surface area contributed by atoms with Gasteiger partial charge in [-0.1, -0.05) is 75.0 Å². The van der Waals surface area contributed by atoms with Crippen molar-refractivity contribution in [3.05, 3.63) is 65.7 Å². The largest absolute Gasteiger partial charge is 0.463 e. The number of aliphatic hydroxyl groups is 1. The van der Waals surface area contributed by atoms with Crippen molar-refractivity contribution in [2.75, 3.05) is 25.4 Å². The molecule has 38 heavy (non-hydrogen) atoms. The number of benzene rings is 2. The van der Waals surface area contributed by atoms with E-state index in [0.29, 0.717) is 12.2 Å². The lowest BCUT2D eigenvalue weighted by Gasteiger charge is -2.30. The summed E-state index contributed by atoms with van der Waals surface area (Å²) in [6.07, 6.45) is 0.00386. The third-order valence-electron chi connectivity index (χ3n) is 6.43. The van der Waals surface area contributed by atoms with E-state index >= 15 is 0 Å². The number of hydrogen-bond acceptors (Lipinski definition) is 7. The number of nitrogens with zero attached hydrogens (tertiary/aromatic N) is 1. The number of sulfonamides is 1. The van der Waals surface area contributed by atoms with Crippen LogP contribution in [0.3, 0.4) is 0 Å². The first-order chi connectivity index (χ1) is 18.1. The molecule has 0 saturated carbocycles. The zero-order valence-electron chi connectivity index (χ0n) is 22.2. The first-order valence-corrected chi connectivity index (χ1v) is 15.4. The first-order valence-electron chi connectivity index (χ1n) is 13.0. The Morgan fingerprint density at radius 1 is 1.11 bits per heavy atom. The Labute approximate surface area is 230 Å². The highest BCUT2D eigenvalue weighted by Crippen LogP contribution is 2.23. The molecule has 1 aliphatic rings. The molecule has 8 nitrogen and oxygen atoms in total. The van der Waals surface area contributed by atoms with Crippen LogP contribution >= 0.6 is 11.8 Å². The van der Waals surface area contributed by atoms with Gasteiger partial charge in [-0.05, 0) is 42.0 Å². The molecule has 1 fully saturated rings. The molecular formula is C28H38N2O6S2. The second kappa shape index (κ2) is 14.1. The summed E-state index contributed by atoms with van der Waals surface area (Å²) >= 11 is 1.15. The van der Waals surface area contributed by atoms with E-state index in [0.717, 1.165) is 29.3 Å². The minimum Gasteiger partial charge on any atom is -0.463 e. The summed E-state index contributed by atoms with van der Waals surface area (Å²) < 4.78 is 33.9. The third-order valence-corrected chi connectivity index (χ3v) is 9.22. The predicted octanol–water partition coefficient (Wildman–Crippen LogP) is 3.87. The number of nitrogens with one attached hydrogen (secondary N) is 1. The van der Waals surface area contributed by atoms with Gasteiger partial charge in [-0.15, -0.1) is 0 Å². The van der Waals surface area contributed by atoms with E-state index in [2.05, 4.69) is 5.32 Å². The van der Waals surface area contributed by atoms with Crippen LogP contribution in [0.5, 0.6) is 0 Å². The van der Waals surface area contributed by atoms with Gasteiger partial charge in [0.25, 0.3) is 5.24 Å². The lowest BCUT2D eigenvalue weighted by Crippen LogP contribution is -2.43. The minimum atomic E-state index is -3.86. The van der Waals surface area contributed by atoms with Crippen molar-refractivity contribution in [3.63, 3.8) is 0 Å². The van der Waals surface area contributed by atoms with Crippen molar-refractivity contribution in [1.82, 2.24) is 9.62 Å². The molecule has 0 bridgehead atoms. The van der Waals surface area contributed by atoms with Crippen molar-refractivity contribution < 1.29 is 27.9 Å². The lowest BCUT2D eigenvalue weighted by molar-refractivity contribution is -0.146. The SMILES string of the molecule is CCc1ccc(S(=O)(=O)N(CC(C)C)C[C@@H](O)[C@@H](CC(=O)OCC2CSC(=O)N2)Cc2ccccc2)cc1. The molecule has 3 atom stereocenters. The van der Waals surface area contributed by atoms with Crippen LogP contribution < -0.4 is 5.32 Å². The predicted molar refractivity (Wildman–Crippen MR) is 149 cm³/mol. The summed E-state index contributed by atoms with van der Waals surface area (Å²) in [5.74, 6) is -0.498. The molecule has 10 heteroatoms. The molecular weight excluding hydrogens is 524 g/mol. The van der Waals surface area contributed by atoms with E-state index in [9.17, 15) is 23.1 Å². The van der Waals surface area contributed by atoms with Crippen LogP contribution in [0.25, 0.3) is 0 Å². The Kier molecular flexibility index (Phi) is 11.2. The number of aliphatic hydroxyl groups excluding tert-OH is 1. The minimum absolute atomic E-state index is 0.0314. The molecule has 2 aromatic carbocycles. The smallest absolute Gasteiger partial charge is 0.306 e. The second-order valence-corrected chi connectivity index (χ2v) is 13.0. The number of rotatable bonds is 14. The zero-order chi connectivity index (χ0) is 27.7. The van der Waals surface area contributed by atoms with Crippen molar-refractivity contribution >= 4 is 33.0 Å². The van der Waals surface area contributed by atoms with Crippen LogP contribution in [-0.4, -0.2) is 66.6 Å². The fourth-order valence-corrected chi connectivity index (χ4v) is 6.73. The number of carbonyl (C=O) groups excluding carboxylic acids is 2. The molecule has 0 spiro atoms. The molecule has 2 aromatic rings. The number of ether oxygens (including phenoxy) is 1. The molecule has 1 aliphatic heterocycles. The van der Waals surface area contributed by atoms with Gasteiger partial charge in [-0.2, -0.15) is 4.31 Å². The maximum Gasteiger partial charge on any atom is 0.306 e. The van der Waals surface area contributed by atoms with Crippen LogP contribution in [-0.2, 0) is 32.4 Å². The van der Waals surface area contributed by atoms with Gasteiger partial charge in [0.1, 0.15) is 6.61 Å². The number of aryl methyl sites for hydroxylation is 1. The van der Waals surface area contributed by atoms with E-state index in [-0.39, 0.29) is 48.2 Å². The number of hydrogen-bond donors (Lipinski definition) is 2.